The number of benzene rings is 1. The Bertz CT molecular complexity index is 630. The number of aryl methyl sites for hydroxylation is 1. The molecule has 19 heavy (non-hydrogen) atoms. The number of halogens is 2. The Kier molecular flexibility index (Phi) is 4.44. The lowest BCUT2D eigenvalue weighted by Gasteiger charge is -2.10. The van der Waals surface area contributed by atoms with Crippen molar-refractivity contribution >= 4 is 50.5 Å². The van der Waals surface area contributed by atoms with Crippen LogP contribution in [0.3, 0.4) is 0 Å². The van der Waals surface area contributed by atoms with Gasteiger partial charge in [-0.3, -0.25) is 0 Å². The quantitative estimate of drug-likeness (QED) is 0.857. The van der Waals surface area contributed by atoms with Crippen molar-refractivity contribution in [2.45, 2.75) is 13.5 Å². The Morgan fingerprint density at radius 3 is 2.89 bits per heavy atom. The molecule has 0 aliphatic carbocycles. The van der Waals surface area contributed by atoms with E-state index in [1.807, 2.05) is 6.92 Å². The normalized spacial score (nSPS) is 10.5. The third-order valence-corrected chi connectivity index (χ3v) is 4.29. The van der Waals surface area contributed by atoms with Crippen molar-refractivity contribution in [2.75, 3.05) is 5.32 Å². The molecule has 1 aromatic heterocycles. The maximum Gasteiger partial charge on any atom is 0.336 e. The van der Waals surface area contributed by atoms with E-state index in [4.69, 9.17) is 16.7 Å². The van der Waals surface area contributed by atoms with Crippen molar-refractivity contribution in [2.24, 2.45) is 0 Å². The summed E-state index contributed by atoms with van der Waals surface area (Å²) in [7, 11) is 0. The van der Waals surface area contributed by atoms with Gasteiger partial charge in [-0.15, -0.1) is 11.3 Å². The van der Waals surface area contributed by atoms with Crippen molar-refractivity contribution in [3.8, 4) is 0 Å². The van der Waals surface area contributed by atoms with Gasteiger partial charge in [0.1, 0.15) is 0 Å². The van der Waals surface area contributed by atoms with E-state index < -0.39 is 5.97 Å². The summed E-state index contributed by atoms with van der Waals surface area (Å²) in [6, 6.07) is 3.40. The van der Waals surface area contributed by atoms with Crippen LogP contribution in [0.2, 0.25) is 4.47 Å². The first-order chi connectivity index (χ1) is 8.97. The standard InChI is InChI=1S/C12H10BrClN2O2S/c1-6-2-9(13)8(11(17)18)3-10(6)15-4-7-5-16-12(14)19-7/h2-3,5,15H,4H2,1H3,(H,17,18). The Hall–Kier alpha value is -1.11. The summed E-state index contributed by atoms with van der Waals surface area (Å²) < 4.78 is 1.07. The molecule has 7 heteroatoms. The number of hydrogen-bond acceptors (Lipinski definition) is 4. The van der Waals surface area contributed by atoms with Crippen molar-refractivity contribution in [1.82, 2.24) is 4.98 Å². The number of anilines is 1. The number of thiazole rings is 1. The van der Waals surface area contributed by atoms with Crippen LogP contribution in [-0.2, 0) is 6.54 Å². The molecular weight excluding hydrogens is 352 g/mol. The molecule has 100 valence electrons. The maximum atomic E-state index is 11.1. The summed E-state index contributed by atoms with van der Waals surface area (Å²) in [4.78, 5) is 16.0. The summed E-state index contributed by atoms with van der Waals surface area (Å²) in [5, 5.41) is 12.3. The number of aromatic carboxylic acids is 1. The molecular formula is C12H10BrClN2O2S. The molecule has 1 aromatic carbocycles. The second-order valence-corrected chi connectivity index (χ2v) is 6.44. The van der Waals surface area contributed by atoms with Crippen LogP contribution in [0.15, 0.2) is 22.8 Å². The fraction of sp³-hybridized carbons (Fsp3) is 0.167. The van der Waals surface area contributed by atoms with Gasteiger partial charge in [-0.1, -0.05) is 11.6 Å². The molecule has 0 amide bonds. The van der Waals surface area contributed by atoms with Crippen LogP contribution >= 0.6 is 38.9 Å². The first-order valence-electron chi connectivity index (χ1n) is 5.35. The summed E-state index contributed by atoms with van der Waals surface area (Å²) in [5.41, 5.74) is 1.98. The van der Waals surface area contributed by atoms with Crippen molar-refractivity contribution in [3.63, 3.8) is 0 Å². The molecule has 2 N–H and O–H groups in total. The third-order valence-electron chi connectivity index (χ3n) is 2.52. The minimum absolute atomic E-state index is 0.232. The van der Waals surface area contributed by atoms with E-state index >= 15 is 0 Å². The van der Waals surface area contributed by atoms with E-state index in [2.05, 4.69) is 26.2 Å². The third kappa shape index (κ3) is 3.46. The van der Waals surface area contributed by atoms with E-state index in [0.717, 1.165) is 16.1 Å². The molecule has 0 bridgehead atoms. The smallest absolute Gasteiger partial charge is 0.336 e. The Balaban J connectivity index is 2.20. The van der Waals surface area contributed by atoms with E-state index in [0.29, 0.717) is 15.5 Å². The van der Waals surface area contributed by atoms with E-state index in [-0.39, 0.29) is 5.56 Å². The second kappa shape index (κ2) is 5.90. The van der Waals surface area contributed by atoms with Crippen LogP contribution in [0, 0.1) is 6.92 Å². The monoisotopic (exact) mass is 360 g/mol. The zero-order chi connectivity index (χ0) is 14.0. The number of aromatic nitrogens is 1. The number of hydrogen-bond donors (Lipinski definition) is 2. The van der Waals surface area contributed by atoms with E-state index in [9.17, 15) is 4.79 Å². The van der Waals surface area contributed by atoms with Gasteiger partial charge < -0.3 is 10.4 Å². The van der Waals surface area contributed by atoms with E-state index in [1.54, 1.807) is 18.3 Å². The van der Waals surface area contributed by atoms with Crippen LogP contribution < -0.4 is 5.32 Å². The predicted octanol–water partition coefficient (Wildman–Crippen LogP) is 4.18. The molecule has 2 aromatic rings. The topological polar surface area (TPSA) is 62.2 Å². The number of nitrogens with zero attached hydrogens (tertiary/aromatic N) is 1. The molecule has 0 aliphatic heterocycles. The molecule has 0 aliphatic rings. The average Bonchev–Trinajstić information content (AvgIpc) is 2.73. The average molecular weight is 362 g/mol. The van der Waals surface area contributed by atoms with Crippen LogP contribution in [0.25, 0.3) is 0 Å². The van der Waals surface area contributed by atoms with Gasteiger partial charge in [0.05, 0.1) is 12.1 Å². The molecule has 0 saturated carbocycles. The minimum atomic E-state index is -0.962. The largest absolute Gasteiger partial charge is 0.478 e. The van der Waals surface area contributed by atoms with Gasteiger partial charge in [-0.2, -0.15) is 0 Å². The lowest BCUT2D eigenvalue weighted by molar-refractivity contribution is 0.0696. The second-order valence-electron chi connectivity index (χ2n) is 3.89. The summed E-state index contributed by atoms with van der Waals surface area (Å²) in [6.45, 7) is 2.48. The number of carboxylic acids is 1. The lowest BCUT2D eigenvalue weighted by atomic mass is 10.1. The molecule has 0 atom stereocenters. The molecule has 0 radical (unpaired) electrons. The highest BCUT2D eigenvalue weighted by molar-refractivity contribution is 9.10. The molecule has 1 heterocycles. The van der Waals surface area contributed by atoms with Crippen LogP contribution in [0.4, 0.5) is 5.69 Å². The van der Waals surface area contributed by atoms with E-state index in [1.165, 1.54) is 11.3 Å². The lowest BCUT2D eigenvalue weighted by Crippen LogP contribution is -2.04. The Morgan fingerprint density at radius 2 is 2.32 bits per heavy atom. The molecule has 0 fully saturated rings. The maximum absolute atomic E-state index is 11.1. The molecule has 2 rings (SSSR count). The zero-order valence-corrected chi connectivity index (χ0v) is 13.1. The van der Waals surface area contributed by atoms with Gasteiger partial charge in [0.15, 0.2) is 4.47 Å². The van der Waals surface area contributed by atoms with Crippen molar-refractivity contribution in [3.05, 3.63) is 43.3 Å². The van der Waals surface area contributed by atoms with Gasteiger partial charge in [-0.25, -0.2) is 9.78 Å². The predicted molar refractivity (Wildman–Crippen MR) is 80.3 cm³/mol. The van der Waals surface area contributed by atoms with Gasteiger partial charge in [0.25, 0.3) is 0 Å². The van der Waals surface area contributed by atoms with Gasteiger partial charge in [0.2, 0.25) is 0 Å². The number of nitrogens with one attached hydrogen (secondary N) is 1. The number of rotatable bonds is 4. The highest BCUT2D eigenvalue weighted by Crippen LogP contribution is 2.26. The van der Waals surface area contributed by atoms with Gasteiger partial charge in [0, 0.05) is 21.2 Å². The Morgan fingerprint density at radius 1 is 1.58 bits per heavy atom. The highest BCUT2D eigenvalue weighted by atomic mass is 79.9. The first kappa shape index (κ1) is 14.3. The van der Waals surface area contributed by atoms with Gasteiger partial charge in [-0.05, 0) is 40.5 Å². The fourth-order valence-electron chi connectivity index (χ4n) is 1.57. The van der Waals surface area contributed by atoms with Crippen LogP contribution in [-0.4, -0.2) is 16.1 Å². The van der Waals surface area contributed by atoms with Gasteiger partial charge >= 0.3 is 5.97 Å². The van der Waals surface area contributed by atoms with Crippen LogP contribution in [0.1, 0.15) is 20.8 Å². The summed E-state index contributed by atoms with van der Waals surface area (Å²) in [6.07, 6.45) is 1.70. The fourth-order valence-corrected chi connectivity index (χ4v) is 3.12. The molecule has 4 nitrogen and oxygen atoms in total. The van der Waals surface area contributed by atoms with Crippen molar-refractivity contribution in [1.29, 1.82) is 0 Å². The number of carboxylic acid groups (broad SMARTS) is 1. The number of carbonyl (C=O) groups is 1. The van der Waals surface area contributed by atoms with Crippen molar-refractivity contribution < 1.29 is 9.90 Å². The SMILES string of the molecule is Cc1cc(Br)c(C(=O)O)cc1NCc1cnc(Cl)s1. The highest BCUT2D eigenvalue weighted by Gasteiger charge is 2.11. The molecule has 0 saturated heterocycles. The molecule has 0 spiro atoms. The molecule has 0 unspecified atom stereocenters. The van der Waals surface area contributed by atoms with Crippen LogP contribution in [0.5, 0.6) is 0 Å². The zero-order valence-electron chi connectivity index (χ0n) is 9.91. The first-order valence-corrected chi connectivity index (χ1v) is 7.33. The summed E-state index contributed by atoms with van der Waals surface area (Å²) in [5.74, 6) is -0.962. The summed E-state index contributed by atoms with van der Waals surface area (Å²) >= 11 is 10.4. The Labute approximate surface area is 127 Å². The minimum Gasteiger partial charge on any atom is -0.478 e.